The van der Waals surface area contributed by atoms with Gasteiger partial charge in [0.15, 0.2) is 5.82 Å². The second-order valence-corrected chi connectivity index (χ2v) is 8.55. The van der Waals surface area contributed by atoms with Gasteiger partial charge in [0.05, 0.1) is 12.6 Å². The van der Waals surface area contributed by atoms with Crippen LogP contribution < -0.4 is 0 Å². The van der Waals surface area contributed by atoms with Crippen LogP contribution in [0.1, 0.15) is 56.6 Å². The molecule has 164 valence electrons. The summed E-state index contributed by atoms with van der Waals surface area (Å²) in [5, 5.41) is 3.95. The molecule has 0 N–H and O–H groups in total. The van der Waals surface area contributed by atoms with Crippen molar-refractivity contribution in [2.45, 2.75) is 58.9 Å². The van der Waals surface area contributed by atoms with Crippen LogP contribution in [0.3, 0.4) is 0 Å². The summed E-state index contributed by atoms with van der Waals surface area (Å²) in [4.78, 5) is 21.1. The average molecular weight is 417 g/mol. The van der Waals surface area contributed by atoms with Crippen molar-refractivity contribution >= 4 is 6.09 Å². The Hall–Kier alpha value is -2.45. The number of amides is 1. The Labute approximate surface area is 178 Å². The quantitative estimate of drug-likeness (QED) is 0.712. The average Bonchev–Trinajstić information content (AvgIpc) is 3.14. The zero-order chi connectivity index (χ0) is 21.7. The van der Waals surface area contributed by atoms with Crippen molar-refractivity contribution in [3.8, 4) is 0 Å². The molecule has 1 aliphatic rings. The summed E-state index contributed by atoms with van der Waals surface area (Å²) in [6.45, 7) is 10.4. The second kappa shape index (κ2) is 9.57. The number of carbonyl (C=O) groups excluding carboxylic acids is 1. The molecule has 0 unspecified atom stereocenters. The van der Waals surface area contributed by atoms with E-state index in [-0.39, 0.29) is 12.1 Å². The van der Waals surface area contributed by atoms with Crippen LogP contribution in [0.15, 0.2) is 28.8 Å². The number of nitrogens with zero attached hydrogens (tertiary/aromatic N) is 4. The number of ether oxygens (including phenoxy) is 2. The Morgan fingerprint density at radius 3 is 2.60 bits per heavy atom. The third-order valence-corrected chi connectivity index (χ3v) is 5.04. The van der Waals surface area contributed by atoms with E-state index >= 15 is 0 Å². The minimum atomic E-state index is -0.520. The molecule has 8 nitrogen and oxygen atoms in total. The molecular formula is C22H32N4O4. The van der Waals surface area contributed by atoms with Crippen LogP contribution in [0.25, 0.3) is 0 Å². The predicted octanol–water partition coefficient (Wildman–Crippen LogP) is 3.57. The summed E-state index contributed by atoms with van der Waals surface area (Å²) < 4.78 is 16.1. The van der Waals surface area contributed by atoms with Gasteiger partial charge in [0.25, 0.3) is 0 Å². The van der Waals surface area contributed by atoms with E-state index in [1.165, 1.54) is 5.56 Å². The van der Waals surface area contributed by atoms with E-state index in [4.69, 9.17) is 14.0 Å². The standard InChI is InChI=1S/C22H32N4O4/c1-6-16-7-9-17(10-8-16)18-13-26(21(27)29-22(2,3)4)12-11-25(18)14-20-23-19(15-28-5)24-30-20/h7-10,18H,6,11-15H2,1-5H3/t18-/m0/s1. The number of carbonyl (C=O) groups is 1. The highest BCUT2D eigenvalue weighted by Crippen LogP contribution is 2.28. The Morgan fingerprint density at radius 2 is 1.97 bits per heavy atom. The van der Waals surface area contributed by atoms with E-state index in [1.54, 1.807) is 12.0 Å². The van der Waals surface area contributed by atoms with E-state index < -0.39 is 5.60 Å². The van der Waals surface area contributed by atoms with Crippen LogP contribution in [0.2, 0.25) is 0 Å². The van der Waals surface area contributed by atoms with Crippen molar-refractivity contribution in [2.75, 3.05) is 26.7 Å². The van der Waals surface area contributed by atoms with Gasteiger partial charge in [-0.15, -0.1) is 0 Å². The summed E-state index contributed by atoms with van der Waals surface area (Å²) in [6.07, 6.45) is 0.709. The first-order valence-corrected chi connectivity index (χ1v) is 10.4. The highest BCUT2D eigenvalue weighted by molar-refractivity contribution is 5.68. The zero-order valence-corrected chi connectivity index (χ0v) is 18.6. The summed E-state index contributed by atoms with van der Waals surface area (Å²) in [5.41, 5.74) is 1.91. The molecule has 0 aliphatic carbocycles. The van der Waals surface area contributed by atoms with Gasteiger partial charge in [-0.05, 0) is 38.3 Å². The number of rotatable bonds is 6. The van der Waals surface area contributed by atoms with Crippen LogP contribution in [-0.2, 0) is 29.0 Å². The molecule has 1 atom stereocenters. The lowest BCUT2D eigenvalue weighted by Gasteiger charge is -2.41. The van der Waals surface area contributed by atoms with E-state index in [2.05, 4.69) is 46.2 Å². The van der Waals surface area contributed by atoms with E-state index in [1.807, 2.05) is 20.8 Å². The molecule has 2 aromatic rings. The SMILES string of the molecule is CCc1ccc([C@@H]2CN(C(=O)OC(C)(C)C)CCN2Cc2nc(COC)no2)cc1. The summed E-state index contributed by atoms with van der Waals surface area (Å²) in [5.74, 6) is 1.08. The van der Waals surface area contributed by atoms with Crippen LogP contribution in [0, 0.1) is 0 Å². The van der Waals surface area contributed by atoms with Crippen LogP contribution in [0.4, 0.5) is 4.79 Å². The lowest BCUT2D eigenvalue weighted by atomic mass is 10.00. The van der Waals surface area contributed by atoms with Crippen LogP contribution in [-0.4, -0.2) is 58.4 Å². The van der Waals surface area contributed by atoms with Gasteiger partial charge in [-0.2, -0.15) is 4.98 Å². The number of aryl methyl sites for hydroxylation is 1. The van der Waals surface area contributed by atoms with Gasteiger partial charge in [-0.3, -0.25) is 4.90 Å². The van der Waals surface area contributed by atoms with Crippen molar-refractivity contribution < 1.29 is 18.8 Å². The first-order valence-electron chi connectivity index (χ1n) is 10.4. The van der Waals surface area contributed by atoms with Crippen molar-refractivity contribution in [2.24, 2.45) is 0 Å². The van der Waals surface area contributed by atoms with Gasteiger partial charge in [0.2, 0.25) is 5.89 Å². The summed E-state index contributed by atoms with van der Waals surface area (Å²) in [6, 6.07) is 8.57. The monoisotopic (exact) mass is 416 g/mol. The van der Waals surface area contributed by atoms with Crippen molar-refractivity contribution in [3.63, 3.8) is 0 Å². The predicted molar refractivity (Wildman–Crippen MR) is 112 cm³/mol. The Morgan fingerprint density at radius 1 is 1.23 bits per heavy atom. The third-order valence-electron chi connectivity index (χ3n) is 5.04. The molecule has 0 bridgehead atoms. The van der Waals surface area contributed by atoms with Crippen molar-refractivity contribution in [3.05, 3.63) is 47.1 Å². The molecule has 0 spiro atoms. The molecule has 1 amide bonds. The number of benzene rings is 1. The molecule has 1 aliphatic heterocycles. The summed E-state index contributed by atoms with van der Waals surface area (Å²) in [7, 11) is 1.60. The van der Waals surface area contributed by atoms with Gasteiger partial charge >= 0.3 is 6.09 Å². The van der Waals surface area contributed by atoms with Gasteiger partial charge in [0, 0.05) is 26.7 Å². The number of aromatic nitrogens is 2. The first-order chi connectivity index (χ1) is 14.3. The fraction of sp³-hybridized carbons (Fsp3) is 0.591. The molecular weight excluding hydrogens is 384 g/mol. The molecule has 1 saturated heterocycles. The molecule has 3 rings (SSSR count). The Bertz CT molecular complexity index is 828. The fourth-order valence-electron chi connectivity index (χ4n) is 3.51. The minimum Gasteiger partial charge on any atom is -0.444 e. The topological polar surface area (TPSA) is 80.9 Å². The Kier molecular flexibility index (Phi) is 7.10. The number of piperazine rings is 1. The van der Waals surface area contributed by atoms with Crippen LogP contribution in [0.5, 0.6) is 0 Å². The van der Waals surface area contributed by atoms with Gasteiger partial charge in [-0.1, -0.05) is 36.3 Å². The number of hydrogen-bond acceptors (Lipinski definition) is 7. The highest BCUT2D eigenvalue weighted by Gasteiger charge is 2.33. The number of methoxy groups -OCH3 is 1. The third kappa shape index (κ3) is 5.79. The van der Waals surface area contributed by atoms with E-state index in [0.717, 1.165) is 12.0 Å². The van der Waals surface area contributed by atoms with Gasteiger partial charge in [0.1, 0.15) is 12.2 Å². The van der Waals surface area contributed by atoms with Gasteiger partial charge < -0.3 is 18.9 Å². The molecule has 2 heterocycles. The van der Waals surface area contributed by atoms with Crippen molar-refractivity contribution in [1.82, 2.24) is 19.9 Å². The van der Waals surface area contributed by atoms with Crippen LogP contribution >= 0.6 is 0 Å². The van der Waals surface area contributed by atoms with E-state index in [9.17, 15) is 4.79 Å². The zero-order valence-electron chi connectivity index (χ0n) is 18.6. The molecule has 30 heavy (non-hydrogen) atoms. The van der Waals surface area contributed by atoms with Gasteiger partial charge in [-0.25, -0.2) is 4.79 Å². The molecule has 1 fully saturated rings. The maximum atomic E-state index is 12.7. The molecule has 0 radical (unpaired) electrons. The smallest absolute Gasteiger partial charge is 0.410 e. The second-order valence-electron chi connectivity index (χ2n) is 8.55. The lowest BCUT2D eigenvalue weighted by Crippen LogP contribution is -2.51. The minimum absolute atomic E-state index is 0.00921. The number of hydrogen-bond donors (Lipinski definition) is 0. The molecule has 8 heteroatoms. The molecule has 1 aromatic carbocycles. The maximum absolute atomic E-state index is 12.7. The molecule has 1 aromatic heterocycles. The van der Waals surface area contributed by atoms with E-state index in [0.29, 0.717) is 44.5 Å². The molecule has 0 saturated carbocycles. The Balaban J connectivity index is 1.78. The first kappa shape index (κ1) is 22.2. The highest BCUT2D eigenvalue weighted by atomic mass is 16.6. The van der Waals surface area contributed by atoms with Crippen molar-refractivity contribution in [1.29, 1.82) is 0 Å². The normalized spacial score (nSPS) is 17.9. The maximum Gasteiger partial charge on any atom is 0.410 e. The largest absolute Gasteiger partial charge is 0.444 e. The fourth-order valence-corrected chi connectivity index (χ4v) is 3.51. The lowest BCUT2D eigenvalue weighted by molar-refractivity contribution is 0.000513. The summed E-state index contributed by atoms with van der Waals surface area (Å²) >= 11 is 0.